The number of amides is 1. The molecule has 172 valence electrons. The van der Waals surface area contributed by atoms with Gasteiger partial charge in [-0.2, -0.15) is 5.21 Å². The van der Waals surface area contributed by atoms with E-state index in [4.69, 9.17) is 11.8 Å². The normalized spacial score (nSPS) is 13.6. The topological polar surface area (TPSA) is 98.2 Å². The molecule has 0 atom stereocenters. The lowest BCUT2D eigenvalue weighted by Gasteiger charge is -2.29. The predicted molar refractivity (Wildman–Crippen MR) is 132 cm³/mol. The van der Waals surface area contributed by atoms with Crippen LogP contribution in [0.1, 0.15) is 29.6 Å². The summed E-state index contributed by atoms with van der Waals surface area (Å²) in [6, 6.07) is 20.4. The summed E-state index contributed by atoms with van der Waals surface area (Å²) in [5.41, 5.74) is 3.77. The van der Waals surface area contributed by atoms with Gasteiger partial charge in [0.05, 0.1) is 11.3 Å². The molecular formula is C25H23ClN6O2. The fourth-order valence-corrected chi connectivity index (χ4v) is 4.46. The molecule has 1 aliphatic rings. The smallest absolute Gasteiger partial charge is 0.276 e. The first-order chi connectivity index (χ1) is 16.6. The second kappa shape index (κ2) is 9.52. The maximum absolute atomic E-state index is 13.5. The first-order valence-electron chi connectivity index (χ1n) is 11.1. The molecule has 1 aliphatic heterocycles. The van der Waals surface area contributed by atoms with Crippen LogP contribution >= 0.6 is 11.8 Å². The Morgan fingerprint density at radius 2 is 1.76 bits per heavy atom. The van der Waals surface area contributed by atoms with Crippen LogP contribution in [0.4, 0.5) is 11.4 Å². The summed E-state index contributed by atoms with van der Waals surface area (Å²) in [6.07, 6.45) is 3.41. The van der Waals surface area contributed by atoms with Crippen molar-refractivity contribution in [2.75, 3.05) is 22.4 Å². The predicted octanol–water partition coefficient (Wildman–Crippen LogP) is 5.03. The van der Waals surface area contributed by atoms with Crippen molar-refractivity contribution < 1.29 is 9.90 Å². The number of hydrogen-bond donors (Lipinski definition) is 2. The molecular weight excluding hydrogens is 452 g/mol. The van der Waals surface area contributed by atoms with E-state index in [1.165, 1.54) is 6.42 Å². The number of rotatable bonds is 5. The van der Waals surface area contributed by atoms with Gasteiger partial charge in [-0.15, -0.1) is 10.2 Å². The number of phenolic OH excluding ortho intramolecular Hbond substituents is 1. The van der Waals surface area contributed by atoms with E-state index >= 15 is 0 Å². The fourth-order valence-electron chi connectivity index (χ4n) is 4.23. The van der Waals surface area contributed by atoms with Gasteiger partial charge < -0.3 is 10.0 Å². The average molecular weight is 475 g/mol. The standard InChI is InChI=1S/C25H23ClN6O2/c26-32(25(34)21-16-19(10-12-23(21)33)31-13-5-2-6-14-31)22-15-18(17-7-3-1-4-8-17)9-11-20(22)24-27-29-30-28-24/h1,3-4,7-12,15-16,33H,2,5-6,13-14H2,(H,27,28,29,30). The second-order valence-electron chi connectivity index (χ2n) is 8.17. The SMILES string of the molecule is O=C(c1cc(N2CCCCC2)ccc1O)N(Cl)c1cc(-c2ccccc2)ccc1-c1nn[nH]n1. The molecule has 4 aromatic rings. The van der Waals surface area contributed by atoms with Crippen LogP contribution in [0.15, 0.2) is 66.7 Å². The van der Waals surface area contributed by atoms with E-state index in [9.17, 15) is 9.90 Å². The molecule has 2 heterocycles. The van der Waals surface area contributed by atoms with Gasteiger partial charge >= 0.3 is 0 Å². The van der Waals surface area contributed by atoms with E-state index in [0.29, 0.717) is 17.1 Å². The molecule has 0 radical (unpaired) electrons. The molecule has 1 saturated heterocycles. The van der Waals surface area contributed by atoms with Crippen LogP contribution in [0.2, 0.25) is 0 Å². The van der Waals surface area contributed by atoms with E-state index in [0.717, 1.165) is 47.2 Å². The van der Waals surface area contributed by atoms with Crippen LogP contribution in [-0.4, -0.2) is 44.7 Å². The fraction of sp³-hybridized carbons (Fsp3) is 0.200. The Bertz CT molecular complexity index is 1290. The Labute approximate surface area is 201 Å². The number of hydrogen-bond acceptors (Lipinski definition) is 6. The number of benzene rings is 3. The molecule has 0 spiro atoms. The zero-order valence-corrected chi connectivity index (χ0v) is 19.1. The number of halogens is 1. The van der Waals surface area contributed by atoms with Crippen molar-refractivity contribution in [2.24, 2.45) is 0 Å². The molecule has 3 aromatic carbocycles. The minimum Gasteiger partial charge on any atom is -0.507 e. The second-order valence-corrected chi connectivity index (χ2v) is 8.51. The molecule has 2 N–H and O–H groups in total. The van der Waals surface area contributed by atoms with Crippen molar-refractivity contribution in [2.45, 2.75) is 19.3 Å². The number of piperidine rings is 1. The van der Waals surface area contributed by atoms with Crippen molar-refractivity contribution in [3.8, 4) is 28.3 Å². The molecule has 1 aromatic heterocycles. The number of nitrogens with zero attached hydrogens (tertiary/aromatic N) is 5. The lowest BCUT2D eigenvalue weighted by Crippen LogP contribution is -2.29. The number of carbonyl (C=O) groups is 1. The highest BCUT2D eigenvalue weighted by Gasteiger charge is 2.25. The Hall–Kier alpha value is -3.91. The lowest BCUT2D eigenvalue weighted by atomic mass is 10.0. The Balaban J connectivity index is 1.54. The number of aromatic amines is 1. The molecule has 5 rings (SSSR count). The van der Waals surface area contributed by atoms with Crippen LogP contribution in [0.25, 0.3) is 22.5 Å². The summed E-state index contributed by atoms with van der Waals surface area (Å²) in [4.78, 5) is 15.7. The van der Waals surface area contributed by atoms with Crippen molar-refractivity contribution in [1.82, 2.24) is 20.6 Å². The number of anilines is 2. The summed E-state index contributed by atoms with van der Waals surface area (Å²) in [5.74, 6) is -0.371. The van der Waals surface area contributed by atoms with Crippen LogP contribution in [0, 0.1) is 0 Å². The average Bonchev–Trinajstić information content (AvgIpc) is 3.44. The summed E-state index contributed by atoms with van der Waals surface area (Å²) >= 11 is 6.66. The molecule has 0 aliphatic carbocycles. The zero-order valence-electron chi connectivity index (χ0n) is 18.4. The van der Waals surface area contributed by atoms with Gasteiger partial charge in [0.25, 0.3) is 5.91 Å². The van der Waals surface area contributed by atoms with Crippen molar-refractivity contribution in [3.05, 3.63) is 72.3 Å². The van der Waals surface area contributed by atoms with E-state index in [1.54, 1.807) is 24.3 Å². The van der Waals surface area contributed by atoms with Gasteiger partial charge in [0, 0.05) is 36.1 Å². The van der Waals surface area contributed by atoms with Gasteiger partial charge in [0.2, 0.25) is 5.82 Å². The van der Waals surface area contributed by atoms with E-state index in [2.05, 4.69) is 25.5 Å². The first-order valence-corrected chi connectivity index (χ1v) is 11.5. The Kier molecular flexibility index (Phi) is 6.14. The third kappa shape index (κ3) is 4.32. The quantitative estimate of drug-likeness (QED) is 0.394. The van der Waals surface area contributed by atoms with Crippen LogP contribution in [0.5, 0.6) is 5.75 Å². The number of phenols is 1. The van der Waals surface area contributed by atoms with Crippen molar-refractivity contribution in [3.63, 3.8) is 0 Å². The Morgan fingerprint density at radius 1 is 0.971 bits per heavy atom. The zero-order chi connectivity index (χ0) is 23.5. The third-order valence-electron chi connectivity index (χ3n) is 6.01. The largest absolute Gasteiger partial charge is 0.507 e. The maximum atomic E-state index is 13.5. The van der Waals surface area contributed by atoms with Crippen LogP contribution in [-0.2, 0) is 0 Å². The van der Waals surface area contributed by atoms with Crippen molar-refractivity contribution >= 4 is 29.1 Å². The number of H-pyrrole nitrogens is 1. The minimum atomic E-state index is -0.548. The highest BCUT2D eigenvalue weighted by molar-refractivity contribution is 6.40. The molecule has 8 nitrogen and oxygen atoms in total. The van der Waals surface area contributed by atoms with E-state index in [-0.39, 0.29) is 11.3 Å². The van der Waals surface area contributed by atoms with E-state index < -0.39 is 5.91 Å². The summed E-state index contributed by atoms with van der Waals surface area (Å²) in [7, 11) is 0. The molecule has 0 unspecified atom stereocenters. The molecule has 34 heavy (non-hydrogen) atoms. The third-order valence-corrected chi connectivity index (χ3v) is 6.35. The van der Waals surface area contributed by atoms with Gasteiger partial charge in [-0.05, 0) is 65.9 Å². The number of carbonyl (C=O) groups excluding carboxylic acids is 1. The number of nitrogens with one attached hydrogen (secondary N) is 1. The van der Waals surface area contributed by atoms with Gasteiger partial charge in [-0.25, -0.2) is 4.42 Å². The Morgan fingerprint density at radius 3 is 2.50 bits per heavy atom. The highest BCUT2D eigenvalue weighted by Crippen LogP contribution is 2.36. The number of aromatic nitrogens is 4. The minimum absolute atomic E-state index is 0.127. The number of aromatic hydroxyl groups is 1. The van der Waals surface area contributed by atoms with Gasteiger partial charge in [0.15, 0.2) is 0 Å². The number of tetrazole rings is 1. The molecule has 9 heteroatoms. The van der Waals surface area contributed by atoms with Gasteiger partial charge in [-0.1, -0.05) is 36.4 Å². The van der Waals surface area contributed by atoms with Gasteiger partial charge in [-0.3, -0.25) is 4.79 Å². The van der Waals surface area contributed by atoms with Crippen LogP contribution < -0.4 is 9.32 Å². The van der Waals surface area contributed by atoms with Crippen LogP contribution in [0.3, 0.4) is 0 Å². The summed E-state index contributed by atoms with van der Waals surface area (Å²) < 4.78 is 1.01. The summed E-state index contributed by atoms with van der Waals surface area (Å²) in [5, 5.41) is 24.7. The van der Waals surface area contributed by atoms with Gasteiger partial charge in [0.1, 0.15) is 5.75 Å². The van der Waals surface area contributed by atoms with Crippen molar-refractivity contribution in [1.29, 1.82) is 0 Å². The monoisotopic (exact) mass is 474 g/mol. The molecule has 0 bridgehead atoms. The highest BCUT2D eigenvalue weighted by atomic mass is 35.5. The molecule has 1 amide bonds. The van der Waals surface area contributed by atoms with E-state index in [1.807, 2.05) is 42.5 Å². The summed E-state index contributed by atoms with van der Waals surface area (Å²) in [6.45, 7) is 1.84. The molecule has 0 saturated carbocycles. The maximum Gasteiger partial charge on any atom is 0.276 e. The molecule has 1 fully saturated rings. The lowest BCUT2D eigenvalue weighted by molar-refractivity contribution is 0.100. The first kappa shape index (κ1) is 21.9.